The molecule has 4 aromatic carbocycles. The van der Waals surface area contributed by atoms with Crippen molar-refractivity contribution in [3.8, 4) is 45.3 Å². The van der Waals surface area contributed by atoms with Gasteiger partial charge in [-0.05, 0) is 44.0 Å². The molecule has 0 spiro atoms. The zero-order valence-corrected chi connectivity index (χ0v) is 23.4. The van der Waals surface area contributed by atoms with Crippen LogP contribution in [0.4, 0.5) is 0 Å². The standard InChI is InChI=1S/2C16H11BrN2/c2*17-15-11-14(12-7-3-1-4-8-12)18-16(19-15)13-9-5-2-6-10-13/h2*1-11H. The lowest BCUT2D eigenvalue weighted by Gasteiger charge is -2.05. The van der Waals surface area contributed by atoms with Crippen molar-refractivity contribution < 1.29 is 0 Å². The van der Waals surface area contributed by atoms with Crippen molar-refractivity contribution in [3.05, 3.63) is 143 Å². The molecule has 0 saturated heterocycles. The monoisotopic (exact) mass is 620 g/mol. The SMILES string of the molecule is Brc1cc(-c2ccccc2)nc(-c2ccccc2)n1.Brc1cc(-c2ccccc2)nc(-c2ccccc2)n1. The summed E-state index contributed by atoms with van der Waals surface area (Å²) in [6, 6.07) is 44.0. The van der Waals surface area contributed by atoms with E-state index in [1.807, 2.05) is 133 Å². The normalized spacial score (nSPS) is 10.4. The summed E-state index contributed by atoms with van der Waals surface area (Å²) in [4.78, 5) is 18.1. The Labute approximate surface area is 238 Å². The van der Waals surface area contributed by atoms with Gasteiger partial charge in [-0.1, -0.05) is 121 Å². The maximum Gasteiger partial charge on any atom is 0.161 e. The van der Waals surface area contributed by atoms with E-state index in [2.05, 4.69) is 51.8 Å². The van der Waals surface area contributed by atoms with Crippen LogP contribution in [0.15, 0.2) is 143 Å². The molecule has 0 N–H and O–H groups in total. The second-order valence-corrected chi connectivity index (χ2v) is 9.89. The summed E-state index contributed by atoms with van der Waals surface area (Å²) in [5.74, 6) is 1.46. The molecule has 0 radical (unpaired) electrons. The number of aromatic nitrogens is 4. The predicted octanol–water partition coefficient (Wildman–Crippen LogP) is 9.15. The van der Waals surface area contributed by atoms with E-state index in [9.17, 15) is 0 Å². The maximum absolute atomic E-state index is 4.63. The predicted molar refractivity (Wildman–Crippen MR) is 161 cm³/mol. The highest BCUT2D eigenvalue weighted by atomic mass is 79.9. The number of rotatable bonds is 4. The number of nitrogens with zero attached hydrogens (tertiary/aromatic N) is 4. The van der Waals surface area contributed by atoms with Gasteiger partial charge < -0.3 is 0 Å². The van der Waals surface area contributed by atoms with Crippen LogP contribution in [0.1, 0.15) is 0 Å². The molecule has 0 aliphatic rings. The molecule has 2 heterocycles. The highest BCUT2D eigenvalue weighted by Gasteiger charge is 2.08. The number of halogens is 2. The van der Waals surface area contributed by atoms with Crippen molar-refractivity contribution in [2.75, 3.05) is 0 Å². The number of hydrogen-bond acceptors (Lipinski definition) is 4. The molecule has 0 bridgehead atoms. The molecule has 0 aliphatic heterocycles. The average Bonchev–Trinajstić information content (AvgIpc) is 2.99. The van der Waals surface area contributed by atoms with Gasteiger partial charge in [0.05, 0.1) is 11.4 Å². The lowest BCUT2D eigenvalue weighted by molar-refractivity contribution is 1.15. The molecule has 6 rings (SSSR count). The van der Waals surface area contributed by atoms with E-state index in [-0.39, 0.29) is 0 Å². The molecule has 4 nitrogen and oxygen atoms in total. The highest BCUT2D eigenvalue weighted by molar-refractivity contribution is 9.10. The van der Waals surface area contributed by atoms with Gasteiger partial charge in [-0.2, -0.15) is 0 Å². The van der Waals surface area contributed by atoms with Gasteiger partial charge in [0.2, 0.25) is 0 Å². The van der Waals surface area contributed by atoms with Crippen LogP contribution < -0.4 is 0 Å². The Kier molecular flexibility index (Phi) is 8.43. The van der Waals surface area contributed by atoms with Crippen molar-refractivity contribution in [3.63, 3.8) is 0 Å². The van der Waals surface area contributed by atoms with Crippen LogP contribution >= 0.6 is 31.9 Å². The minimum atomic E-state index is 0.730. The number of benzene rings is 4. The highest BCUT2D eigenvalue weighted by Crippen LogP contribution is 2.25. The van der Waals surface area contributed by atoms with Gasteiger partial charge in [0.15, 0.2) is 11.6 Å². The Morgan fingerprint density at radius 2 is 0.632 bits per heavy atom. The molecule has 6 aromatic rings. The van der Waals surface area contributed by atoms with Crippen molar-refractivity contribution in [1.29, 1.82) is 0 Å². The third kappa shape index (κ3) is 6.65. The second kappa shape index (κ2) is 12.5. The molecule has 0 fully saturated rings. The molecule has 0 saturated carbocycles. The lowest BCUT2D eigenvalue weighted by Crippen LogP contribution is -1.92. The van der Waals surface area contributed by atoms with E-state index >= 15 is 0 Å². The first-order chi connectivity index (χ1) is 18.7. The summed E-state index contributed by atoms with van der Waals surface area (Å²) in [5, 5.41) is 0. The molecular formula is C32H22Br2N4. The average molecular weight is 622 g/mol. The molecule has 0 atom stereocenters. The van der Waals surface area contributed by atoms with Crippen LogP contribution in [0.5, 0.6) is 0 Å². The van der Waals surface area contributed by atoms with E-state index in [0.717, 1.165) is 54.5 Å². The fourth-order valence-electron chi connectivity index (χ4n) is 3.78. The molecular weight excluding hydrogens is 600 g/mol. The van der Waals surface area contributed by atoms with Crippen LogP contribution in [-0.4, -0.2) is 19.9 Å². The van der Waals surface area contributed by atoms with Gasteiger partial charge in [-0.3, -0.25) is 0 Å². The Balaban J connectivity index is 0.000000155. The summed E-state index contributed by atoms with van der Waals surface area (Å²) in [6.45, 7) is 0. The first-order valence-electron chi connectivity index (χ1n) is 12.0. The minimum Gasteiger partial charge on any atom is -0.228 e. The van der Waals surface area contributed by atoms with Gasteiger partial charge in [-0.25, -0.2) is 19.9 Å². The van der Waals surface area contributed by atoms with Crippen LogP contribution in [0.25, 0.3) is 45.3 Å². The fraction of sp³-hybridized carbons (Fsp3) is 0. The summed E-state index contributed by atoms with van der Waals surface area (Å²) in [7, 11) is 0. The largest absolute Gasteiger partial charge is 0.228 e. The minimum absolute atomic E-state index is 0.730. The van der Waals surface area contributed by atoms with Gasteiger partial charge >= 0.3 is 0 Å². The van der Waals surface area contributed by atoms with Crippen molar-refractivity contribution in [1.82, 2.24) is 19.9 Å². The second-order valence-electron chi connectivity index (χ2n) is 8.26. The fourth-order valence-corrected chi connectivity index (χ4v) is 4.55. The smallest absolute Gasteiger partial charge is 0.161 e. The van der Waals surface area contributed by atoms with E-state index in [1.54, 1.807) is 0 Å². The molecule has 0 amide bonds. The van der Waals surface area contributed by atoms with Crippen molar-refractivity contribution >= 4 is 31.9 Å². The third-order valence-corrected chi connectivity index (χ3v) is 6.41. The van der Waals surface area contributed by atoms with Gasteiger partial charge in [0.25, 0.3) is 0 Å². The summed E-state index contributed by atoms with van der Waals surface area (Å²) in [5.41, 5.74) is 6.04. The van der Waals surface area contributed by atoms with E-state index in [1.165, 1.54) is 0 Å². The number of hydrogen-bond donors (Lipinski definition) is 0. The van der Waals surface area contributed by atoms with Gasteiger partial charge in [-0.15, -0.1) is 0 Å². The van der Waals surface area contributed by atoms with Crippen molar-refractivity contribution in [2.24, 2.45) is 0 Å². The molecule has 38 heavy (non-hydrogen) atoms. The molecule has 0 unspecified atom stereocenters. The summed E-state index contributed by atoms with van der Waals surface area (Å²) < 4.78 is 1.58. The zero-order chi connectivity index (χ0) is 26.2. The van der Waals surface area contributed by atoms with Gasteiger partial charge in [0.1, 0.15) is 9.21 Å². The molecule has 0 aliphatic carbocycles. The zero-order valence-electron chi connectivity index (χ0n) is 20.2. The molecule has 184 valence electrons. The Morgan fingerprint density at radius 1 is 0.342 bits per heavy atom. The summed E-state index contributed by atoms with van der Waals surface area (Å²) in [6.07, 6.45) is 0. The Hall–Kier alpha value is -4.00. The maximum atomic E-state index is 4.63. The van der Waals surface area contributed by atoms with E-state index < -0.39 is 0 Å². The van der Waals surface area contributed by atoms with Crippen LogP contribution in [0.2, 0.25) is 0 Å². The first-order valence-corrected chi connectivity index (χ1v) is 13.6. The molecule has 6 heteroatoms. The van der Waals surface area contributed by atoms with Gasteiger partial charge in [0, 0.05) is 22.3 Å². The van der Waals surface area contributed by atoms with Crippen LogP contribution in [-0.2, 0) is 0 Å². The lowest BCUT2D eigenvalue weighted by atomic mass is 10.1. The third-order valence-electron chi connectivity index (χ3n) is 5.59. The molecule has 2 aromatic heterocycles. The Bertz CT molecular complexity index is 1370. The van der Waals surface area contributed by atoms with Crippen LogP contribution in [0, 0.1) is 0 Å². The Morgan fingerprint density at radius 3 is 0.947 bits per heavy atom. The van der Waals surface area contributed by atoms with Crippen LogP contribution in [0.3, 0.4) is 0 Å². The topological polar surface area (TPSA) is 51.6 Å². The first kappa shape index (κ1) is 25.6. The van der Waals surface area contributed by atoms with E-state index in [4.69, 9.17) is 0 Å². The quantitative estimate of drug-likeness (QED) is 0.184. The van der Waals surface area contributed by atoms with Crippen molar-refractivity contribution in [2.45, 2.75) is 0 Å². The summed E-state index contributed by atoms with van der Waals surface area (Å²) >= 11 is 6.91. The van der Waals surface area contributed by atoms with E-state index in [0.29, 0.717) is 0 Å².